The molecular formula is C12H12Cl3NO4S. The minimum Gasteiger partial charge on any atom is -0.347 e. The molecule has 1 atom stereocenters. The third kappa shape index (κ3) is 3.62. The topological polar surface area (TPSA) is 73.2 Å². The van der Waals surface area contributed by atoms with Gasteiger partial charge in [-0.15, -0.1) is 0 Å². The Morgan fingerprint density at radius 3 is 2.43 bits per heavy atom. The Balaban J connectivity index is 2.27. The van der Waals surface area contributed by atoms with E-state index in [1.54, 1.807) is 7.05 Å². The van der Waals surface area contributed by atoms with Gasteiger partial charge in [0.25, 0.3) is 3.79 Å². The van der Waals surface area contributed by atoms with Crippen molar-refractivity contribution in [2.24, 2.45) is 13.0 Å². The zero-order valence-corrected chi connectivity index (χ0v) is 14.1. The molecule has 1 saturated heterocycles. The Morgan fingerprint density at radius 1 is 1.33 bits per heavy atom. The van der Waals surface area contributed by atoms with Gasteiger partial charge in [-0.1, -0.05) is 34.8 Å². The van der Waals surface area contributed by atoms with Crippen LogP contribution in [0.3, 0.4) is 0 Å². The number of nitrogens with zero attached hydrogens (tertiary/aromatic N) is 1. The smallest absolute Gasteiger partial charge is 0.255 e. The molecule has 116 valence electrons. The number of hydrogen-bond donors (Lipinski definition) is 0. The molecule has 0 amide bonds. The van der Waals surface area contributed by atoms with E-state index < -0.39 is 25.3 Å². The van der Waals surface area contributed by atoms with Gasteiger partial charge in [-0.2, -0.15) is 0 Å². The Bertz CT molecular complexity index is 703. The number of sulfone groups is 1. The maximum absolute atomic E-state index is 12.3. The predicted octanol–water partition coefficient (Wildman–Crippen LogP) is 2.20. The first-order chi connectivity index (χ1) is 9.51. The lowest BCUT2D eigenvalue weighted by Crippen LogP contribution is -2.21. The van der Waals surface area contributed by atoms with Crippen LogP contribution in [-0.4, -0.2) is 39.8 Å². The molecule has 0 bridgehead atoms. The molecule has 2 rings (SSSR count). The fourth-order valence-electron chi connectivity index (χ4n) is 2.31. The van der Waals surface area contributed by atoms with Gasteiger partial charge < -0.3 is 4.57 Å². The van der Waals surface area contributed by atoms with Crippen LogP contribution in [0, 0.1) is 5.92 Å². The van der Waals surface area contributed by atoms with Crippen LogP contribution in [0.25, 0.3) is 0 Å². The summed E-state index contributed by atoms with van der Waals surface area (Å²) in [7, 11) is -1.60. The van der Waals surface area contributed by atoms with Crippen LogP contribution < -0.4 is 0 Å². The standard InChI is InChI=1S/C12H12Cl3NO4S/c1-16-5-8(4-9(16)11(18)12(13,14)15)10(17)7-2-3-21(19,20)6-7/h4-5,7H,2-3,6H2,1H3. The quantitative estimate of drug-likeness (QED) is 0.602. The van der Waals surface area contributed by atoms with E-state index in [1.165, 1.54) is 16.8 Å². The molecule has 1 aliphatic heterocycles. The van der Waals surface area contributed by atoms with Crippen molar-refractivity contribution in [2.45, 2.75) is 10.2 Å². The zero-order chi connectivity index (χ0) is 16.0. The van der Waals surface area contributed by atoms with Gasteiger partial charge in [-0.05, 0) is 12.5 Å². The Labute approximate surface area is 137 Å². The highest BCUT2D eigenvalue weighted by atomic mass is 35.6. The number of aryl methyl sites for hydroxylation is 1. The molecule has 0 aromatic carbocycles. The molecule has 1 unspecified atom stereocenters. The van der Waals surface area contributed by atoms with Crippen LogP contribution in [0.4, 0.5) is 0 Å². The molecule has 0 radical (unpaired) electrons. The molecule has 5 nitrogen and oxygen atoms in total. The third-order valence-corrected chi connectivity index (χ3v) is 5.67. The van der Waals surface area contributed by atoms with Gasteiger partial charge >= 0.3 is 0 Å². The number of aromatic nitrogens is 1. The highest BCUT2D eigenvalue weighted by Crippen LogP contribution is 2.31. The van der Waals surface area contributed by atoms with Gasteiger partial charge in [0.05, 0.1) is 17.2 Å². The van der Waals surface area contributed by atoms with Crippen molar-refractivity contribution in [3.8, 4) is 0 Å². The van der Waals surface area contributed by atoms with E-state index in [4.69, 9.17) is 34.8 Å². The van der Waals surface area contributed by atoms with Crippen molar-refractivity contribution in [3.63, 3.8) is 0 Å². The molecule has 0 N–H and O–H groups in total. The van der Waals surface area contributed by atoms with Gasteiger partial charge in [-0.25, -0.2) is 8.42 Å². The van der Waals surface area contributed by atoms with E-state index in [0.29, 0.717) is 6.42 Å². The highest BCUT2D eigenvalue weighted by Gasteiger charge is 2.36. The van der Waals surface area contributed by atoms with Crippen molar-refractivity contribution in [3.05, 3.63) is 23.5 Å². The summed E-state index contributed by atoms with van der Waals surface area (Å²) in [6.07, 6.45) is 1.74. The first kappa shape index (κ1) is 16.8. The van der Waals surface area contributed by atoms with Gasteiger partial charge in [0.2, 0.25) is 5.78 Å². The van der Waals surface area contributed by atoms with E-state index in [2.05, 4.69) is 0 Å². The maximum Gasteiger partial charge on any atom is 0.255 e. The molecule has 0 saturated carbocycles. The molecule has 1 fully saturated rings. The van der Waals surface area contributed by atoms with Crippen LogP contribution >= 0.6 is 34.8 Å². The van der Waals surface area contributed by atoms with Crippen LogP contribution in [0.2, 0.25) is 0 Å². The summed E-state index contributed by atoms with van der Waals surface area (Å²) in [5.74, 6) is -1.78. The van der Waals surface area contributed by atoms with Crippen LogP contribution in [-0.2, 0) is 16.9 Å². The monoisotopic (exact) mass is 371 g/mol. The molecule has 21 heavy (non-hydrogen) atoms. The summed E-state index contributed by atoms with van der Waals surface area (Å²) >= 11 is 16.6. The van der Waals surface area contributed by atoms with Crippen molar-refractivity contribution in [2.75, 3.05) is 11.5 Å². The van der Waals surface area contributed by atoms with Crippen LogP contribution in [0.5, 0.6) is 0 Å². The molecule has 9 heteroatoms. The predicted molar refractivity (Wildman–Crippen MR) is 81.1 cm³/mol. The number of Topliss-reactive ketones (excluding diaryl/α,β-unsaturated/α-hetero) is 2. The molecule has 0 aliphatic carbocycles. The Hall–Kier alpha value is -0.560. The molecule has 1 aliphatic rings. The first-order valence-corrected chi connectivity index (χ1v) is 8.99. The molecular weight excluding hydrogens is 361 g/mol. The summed E-state index contributed by atoms with van der Waals surface area (Å²) < 4.78 is 22.1. The minimum absolute atomic E-state index is 0.0101. The number of halogens is 3. The molecule has 2 heterocycles. The Kier molecular flexibility index (Phi) is 4.46. The van der Waals surface area contributed by atoms with Gasteiger partial charge in [0, 0.05) is 24.7 Å². The molecule has 0 spiro atoms. The number of alkyl halides is 3. The van der Waals surface area contributed by atoms with Gasteiger partial charge in [-0.3, -0.25) is 9.59 Å². The van der Waals surface area contributed by atoms with Gasteiger partial charge in [0.15, 0.2) is 15.6 Å². The summed E-state index contributed by atoms with van der Waals surface area (Å²) in [5, 5.41) is 0. The van der Waals surface area contributed by atoms with E-state index >= 15 is 0 Å². The SMILES string of the molecule is Cn1cc(C(=O)C2CCS(=O)(=O)C2)cc1C(=O)C(Cl)(Cl)Cl. The minimum atomic E-state index is -3.15. The number of carbonyl (C=O) groups excluding carboxylic acids is 2. The lowest BCUT2D eigenvalue weighted by atomic mass is 9.99. The van der Waals surface area contributed by atoms with Crippen molar-refractivity contribution in [1.29, 1.82) is 0 Å². The lowest BCUT2D eigenvalue weighted by Gasteiger charge is -2.09. The second kappa shape index (κ2) is 5.57. The summed E-state index contributed by atoms with van der Waals surface area (Å²) in [5.41, 5.74) is 0.330. The van der Waals surface area contributed by atoms with Crippen LogP contribution in [0.1, 0.15) is 27.3 Å². The number of carbonyl (C=O) groups is 2. The largest absolute Gasteiger partial charge is 0.347 e. The number of hydrogen-bond acceptors (Lipinski definition) is 4. The summed E-state index contributed by atoms with van der Waals surface area (Å²) in [6, 6.07) is 1.33. The molecule has 1 aromatic rings. The fraction of sp³-hybridized carbons (Fsp3) is 0.500. The number of ketones is 2. The van der Waals surface area contributed by atoms with E-state index in [0.717, 1.165) is 0 Å². The maximum atomic E-state index is 12.3. The lowest BCUT2D eigenvalue weighted by molar-refractivity contribution is 0.0933. The second-order valence-electron chi connectivity index (χ2n) is 5.02. The summed E-state index contributed by atoms with van der Waals surface area (Å²) in [4.78, 5) is 24.2. The second-order valence-corrected chi connectivity index (χ2v) is 9.53. The van der Waals surface area contributed by atoms with Crippen LogP contribution in [0.15, 0.2) is 12.3 Å². The van der Waals surface area contributed by atoms with Gasteiger partial charge in [0.1, 0.15) is 0 Å². The van der Waals surface area contributed by atoms with E-state index in [9.17, 15) is 18.0 Å². The van der Waals surface area contributed by atoms with E-state index in [-0.39, 0.29) is 28.5 Å². The first-order valence-electron chi connectivity index (χ1n) is 6.04. The van der Waals surface area contributed by atoms with Crippen molar-refractivity contribution >= 4 is 56.2 Å². The summed E-state index contributed by atoms with van der Waals surface area (Å²) in [6.45, 7) is 0. The van der Waals surface area contributed by atoms with Crippen molar-refractivity contribution < 1.29 is 18.0 Å². The zero-order valence-electron chi connectivity index (χ0n) is 11.0. The average Bonchev–Trinajstić information content (AvgIpc) is 2.89. The normalized spacial score (nSPS) is 21.4. The Morgan fingerprint density at radius 2 is 1.95 bits per heavy atom. The highest BCUT2D eigenvalue weighted by molar-refractivity contribution is 7.91. The third-order valence-electron chi connectivity index (χ3n) is 3.38. The van der Waals surface area contributed by atoms with Crippen molar-refractivity contribution in [1.82, 2.24) is 4.57 Å². The van der Waals surface area contributed by atoms with E-state index in [1.807, 2.05) is 0 Å². The number of rotatable bonds is 3. The fourth-order valence-corrected chi connectivity index (χ4v) is 4.34. The molecule has 1 aromatic heterocycles. The average molecular weight is 373 g/mol.